The van der Waals surface area contributed by atoms with Crippen LogP contribution >= 0.6 is 11.6 Å². The largest absolute Gasteiger partial charge is 0.271 e. The number of rotatable bonds is 3. The Balaban J connectivity index is 2.16. The molecule has 21 heavy (non-hydrogen) atoms. The number of nitrogens with one attached hydrogen (secondary N) is 1. The summed E-state index contributed by atoms with van der Waals surface area (Å²) in [6.07, 6.45) is 3.66. The Kier molecular flexibility index (Phi) is 3.88. The minimum Gasteiger partial charge on any atom is -0.271 e. The molecule has 3 aromatic rings. The smallest absolute Gasteiger partial charge is 0.0716 e. The summed E-state index contributed by atoms with van der Waals surface area (Å²) in [4.78, 5) is 4.17. The van der Waals surface area contributed by atoms with E-state index in [1.165, 1.54) is 0 Å². The summed E-state index contributed by atoms with van der Waals surface area (Å²) < 4.78 is 0. The van der Waals surface area contributed by atoms with E-state index in [0.717, 1.165) is 32.5 Å². The van der Waals surface area contributed by atoms with Gasteiger partial charge >= 0.3 is 0 Å². The Labute approximate surface area is 128 Å². The zero-order chi connectivity index (χ0) is 14.8. The van der Waals surface area contributed by atoms with Crippen molar-refractivity contribution in [1.82, 2.24) is 10.4 Å². The van der Waals surface area contributed by atoms with E-state index < -0.39 is 0 Å². The molecule has 3 N–H and O–H groups in total. The predicted molar refractivity (Wildman–Crippen MR) is 87.1 cm³/mol. The Morgan fingerprint density at radius 2 is 2.05 bits per heavy atom. The van der Waals surface area contributed by atoms with Gasteiger partial charge in [-0.15, -0.1) is 0 Å². The minimum atomic E-state index is -0.0907. The van der Waals surface area contributed by atoms with Crippen LogP contribution in [0.2, 0.25) is 5.02 Å². The molecule has 106 valence electrons. The van der Waals surface area contributed by atoms with E-state index in [2.05, 4.69) is 22.5 Å². The van der Waals surface area contributed by atoms with Crippen molar-refractivity contribution in [2.45, 2.75) is 13.0 Å². The summed E-state index contributed by atoms with van der Waals surface area (Å²) in [6, 6.07) is 14.0. The number of nitrogens with two attached hydrogens (primary N) is 1. The molecule has 0 aliphatic heterocycles. The molecule has 0 fully saturated rings. The average Bonchev–Trinajstić information content (AvgIpc) is 2.52. The summed E-state index contributed by atoms with van der Waals surface area (Å²) in [5.74, 6) is 5.82. The number of pyridine rings is 1. The molecule has 0 aliphatic carbocycles. The number of benzene rings is 2. The maximum Gasteiger partial charge on any atom is 0.0716 e. The number of fused-ring (bicyclic) bond motifs is 1. The van der Waals surface area contributed by atoms with Crippen molar-refractivity contribution in [2.24, 2.45) is 5.84 Å². The molecule has 1 unspecified atom stereocenters. The number of halogens is 1. The van der Waals surface area contributed by atoms with Crippen LogP contribution in [0.15, 0.2) is 54.9 Å². The van der Waals surface area contributed by atoms with Gasteiger partial charge in [0.05, 0.1) is 6.04 Å². The first kappa shape index (κ1) is 14.0. The van der Waals surface area contributed by atoms with E-state index in [-0.39, 0.29) is 6.04 Å². The number of hydrogen-bond acceptors (Lipinski definition) is 3. The van der Waals surface area contributed by atoms with Crippen LogP contribution in [0.1, 0.15) is 22.7 Å². The molecule has 3 nitrogen and oxygen atoms in total. The zero-order valence-corrected chi connectivity index (χ0v) is 12.4. The molecule has 1 heterocycles. The molecule has 1 aromatic heterocycles. The van der Waals surface area contributed by atoms with E-state index in [4.69, 9.17) is 17.4 Å². The van der Waals surface area contributed by atoms with Crippen LogP contribution in [0, 0.1) is 6.92 Å². The molecule has 0 saturated heterocycles. The van der Waals surface area contributed by atoms with Crippen molar-refractivity contribution in [3.8, 4) is 0 Å². The second kappa shape index (κ2) is 5.82. The van der Waals surface area contributed by atoms with E-state index in [9.17, 15) is 0 Å². The molecule has 0 radical (unpaired) electrons. The number of hydrogen-bond donors (Lipinski definition) is 2. The number of aromatic nitrogens is 1. The highest BCUT2D eigenvalue weighted by Crippen LogP contribution is 2.29. The Morgan fingerprint density at radius 1 is 1.19 bits per heavy atom. The number of nitrogens with zero attached hydrogens (tertiary/aromatic N) is 1. The molecule has 3 rings (SSSR count). The van der Waals surface area contributed by atoms with Crippen molar-refractivity contribution in [2.75, 3.05) is 0 Å². The summed E-state index contributed by atoms with van der Waals surface area (Å²) >= 11 is 6.11. The lowest BCUT2D eigenvalue weighted by Gasteiger charge is -2.19. The van der Waals surface area contributed by atoms with Crippen molar-refractivity contribution in [3.63, 3.8) is 0 Å². The number of aryl methyl sites for hydroxylation is 1. The van der Waals surface area contributed by atoms with Gasteiger partial charge in [-0.1, -0.05) is 41.9 Å². The lowest BCUT2D eigenvalue weighted by atomic mass is 9.94. The molecule has 0 spiro atoms. The van der Waals surface area contributed by atoms with Crippen LogP contribution in [0.4, 0.5) is 0 Å². The van der Waals surface area contributed by atoms with Gasteiger partial charge in [0.25, 0.3) is 0 Å². The van der Waals surface area contributed by atoms with Crippen molar-refractivity contribution in [3.05, 3.63) is 76.6 Å². The molecular weight excluding hydrogens is 282 g/mol. The summed E-state index contributed by atoms with van der Waals surface area (Å²) in [5, 5.41) is 3.00. The zero-order valence-electron chi connectivity index (χ0n) is 11.7. The first-order valence-electron chi connectivity index (χ1n) is 6.75. The fourth-order valence-electron chi connectivity index (χ4n) is 2.61. The van der Waals surface area contributed by atoms with E-state index in [0.29, 0.717) is 0 Å². The molecule has 1 atom stereocenters. The van der Waals surface area contributed by atoms with Crippen LogP contribution in [-0.4, -0.2) is 4.98 Å². The summed E-state index contributed by atoms with van der Waals surface area (Å²) in [6.45, 7) is 1.99. The lowest BCUT2D eigenvalue weighted by molar-refractivity contribution is 0.640. The molecular formula is C17H16ClN3. The molecule has 4 heteroatoms. The third-order valence-electron chi connectivity index (χ3n) is 3.71. The molecule has 0 saturated carbocycles. The SMILES string of the molecule is Cc1cc(C(NN)c2cccc3cnccc23)ccc1Cl. The van der Waals surface area contributed by atoms with Gasteiger partial charge in [-0.05, 0) is 41.1 Å². The van der Waals surface area contributed by atoms with Gasteiger partial charge in [0.2, 0.25) is 0 Å². The van der Waals surface area contributed by atoms with Crippen molar-refractivity contribution < 1.29 is 0 Å². The Morgan fingerprint density at radius 3 is 2.81 bits per heavy atom. The van der Waals surface area contributed by atoms with Gasteiger partial charge in [0.1, 0.15) is 0 Å². The number of hydrazine groups is 1. The van der Waals surface area contributed by atoms with Crippen LogP contribution in [0.5, 0.6) is 0 Å². The van der Waals surface area contributed by atoms with Gasteiger partial charge in [-0.25, -0.2) is 5.43 Å². The second-order valence-corrected chi connectivity index (χ2v) is 5.46. The fourth-order valence-corrected chi connectivity index (χ4v) is 2.73. The van der Waals surface area contributed by atoms with Gasteiger partial charge in [-0.2, -0.15) is 0 Å². The van der Waals surface area contributed by atoms with Crippen LogP contribution < -0.4 is 11.3 Å². The van der Waals surface area contributed by atoms with Gasteiger partial charge in [0, 0.05) is 22.8 Å². The predicted octanol–water partition coefficient (Wildman–Crippen LogP) is 3.75. The average molecular weight is 298 g/mol. The Bertz CT molecular complexity index is 781. The van der Waals surface area contributed by atoms with Gasteiger partial charge in [-0.3, -0.25) is 10.8 Å². The maximum absolute atomic E-state index is 6.11. The second-order valence-electron chi connectivity index (χ2n) is 5.05. The van der Waals surface area contributed by atoms with E-state index in [1.807, 2.05) is 43.5 Å². The normalized spacial score (nSPS) is 12.5. The third-order valence-corrected chi connectivity index (χ3v) is 4.13. The van der Waals surface area contributed by atoms with Gasteiger partial charge in [0.15, 0.2) is 0 Å². The molecule has 0 aliphatic rings. The van der Waals surface area contributed by atoms with Gasteiger partial charge < -0.3 is 0 Å². The highest BCUT2D eigenvalue weighted by molar-refractivity contribution is 6.31. The molecule has 2 aromatic carbocycles. The van der Waals surface area contributed by atoms with Crippen LogP contribution in [0.3, 0.4) is 0 Å². The topological polar surface area (TPSA) is 50.9 Å². The van der Waals surface area contributed by atoms with E-state index >= 15 is 0 Å². The highest BCUT2D eigenvalue weighted by atomic mass is 35.5. The maximum atomic E-state index is 6.11. The minimum absolute atomic E-state index is 0.0907. The standard InChI is InChI=1S/C17H16ClN3/c1-11-9-12(5-6-16(11)18)17(21-19)15-4-2-3-13-10-20-8-7-14(13)15/h2-10,17,21H,19H2,1H3. The Hall–Kier alpha value is -1.94. The summed E-state index contributed by atoms with van der Waals surface area (Å²) in [5.41, 5.74) is 6.16. The van der Waals surface area contributed by atoms with Crippen LogP contribution in [0.25, 0.3) is 10.8 Å². The van der Waals surface area contributed by atoms with Crippen molar-refractivity contribution in [1.29, 1.82) is 0 Å². The highest BCUT2D eigenvalue weighted by Gasteiger charge is 2.15. The first-order chi connectivity index (χ1) is 10.2. The third kappa shape index (κ3) is 2.63. The quantitative estimate of drug-likeness (QED) is 0.572. The van der Waals surface area contributed by atoms with E-state index in [1.54, 1.807) is 6.20 Å². The molecule has 0 bridgehead atoms. The lowest BCUT2D eigenvalue weighted by Crippen LogP contribution is -2.29. The van der Waals surface area contributed by atoms with Crippen LogP contribution in [-0.2, 0) is 0 Å². The summed E-state index contributed by atoms with van der Waals surface area (Å²) in [7, 11) is 0. The monoisotopic (exact) mass is 297 g/mol. The molecule has 0 amide bonds. The van der Waals surface area contributed by atoms with Crippen molar-refractivity contribution >= 4 is 22.4 Å². The first-order valence-corrected chi connectivity index (χ1v) is 7.13. The fraction of sp³-hybridized carbons (Fsp3) is 0.118.